The zero-order valence-electron chi connectivity index (χ0n) is 11.5. The fraction of sp³-hybridized carbons (Fsp3) is 0.188. The molecule has 2 aromatic rings. The molecule has 0 aliphatic carbocycles. The molecule has 1 heterocycles. The Morgan fingerprint density at radius 1 is 1.29 bits per heavy atom. The van der Waals surface area contributed by atoms with Crippen molar-refractivity contribution in [2.45, 2.75) is 19.6 Å². The van der Waals surface area contributed by atoms with Gasteiger partial charge in [0.25, 0.3) is 5.91 Å². The summed E-state index contributed by atoms with van der Waals surface area (Å²) in [5, 5.41) is 0.640. The number of nitrogen functional groups attached to an aromatic ring is 1. The normalized spacial score (nSPS) is 17.3. The van der Waals surface area contributed by atoms with Crippen LogP contribution in [0.5, 0.6) is 5.75 Å². The number of benzene rings is 2. The van der Waals surface area contributed by atoms with E-state index in [0.29, 0.717) is 28.7 Å². The first-order valence-electron chi connectivity index (χ1n) is 6.67. The van der Waals surface area contributed by atoms with Crippen LogP contribution in [0.15, 0.2) is 42.5 Å². The first-order valence-corrected chi connectivity index (χ1v) is 7.05. The molecule has 1 aliphatic rings. The van der Waals surface area contributed by atoms with Crippen molar-refractivity contribution in [2.75, 3.05) is 10.6 Å². The molecule has 108 valence electrons. The molecule has 21 heavy (non-hydrogen) atoms. The molecule has 2 N–H and O–H groups in total. The summed E-state index contributed by atoms with van der Waals surface area (Å²) in [6, 6.07) is 12.8. The highest BCUT2D eigenvalue weighted by Crippen LogP contribution is 2.37. The first kappa shape index (κ1) is 13.8. The molecule has 0 fully saturated rings. The second kappa shape index (κ2) is 5.30. The van der Waals surface area contributed by atoms with Crippen molar-refractivity contribution < 1.29 is 9.53 Å². The summed E-state index contributed by atoms with van der Waals surface area (Å²) < 4.78 is 5.62. The number of nitrogens with zero attached hydrogens (tertiary/aromatic N) is 1. The molecule has 0 spiro atoms. The fourth-order valence-electron chi connectivity index (χ4n) is 2.39. The lowest BCUT2D eigenvalue weighted by Crippen LogP contribution is -2.44. The number of anilines is 2. The van der Waals surface area contributed by atoms with Crippen LogP contribution in [0.1, 0.15) is 12.5 Å². The molecule has 3 rings (SSSR count). The second-order valence-electron chi connectivity index (χ2n) is 5.00. The molecular weight excluding hydrogens is 288 g/mol. The molecule has 0 saturated heterocycles. The minimum atomic E-state index is -0.540. The smallest absolute Gasteiger partial charge is 0.268 e. The maximum Gasteiger partial charge on any atom is 0.268 e. The largest absolute Gasteiger partial charge is 0.479 e. The lowest BCUT2D eigenvalue weighted by atomic mass is 10.1. The van der Waals surface area contributed by atoms with Gasteiger partial charge in [0.05, 0.1) is 12.2 Å². The predicted octanol–water partition coefficient (Wildman–Crippen LogP) is 3.24. The van der Waals surface area contributed by atoms with E-state index in [4.69, 9.17) is 22.1 Å². The van der Waals surface area contributed by atoms with E-state index in [-0.39, 0.29) is 5.91 Å². The third kappa shape index (κ3) is 2.54. The number of ether oxygens (including phenoxy) is 1. The molecule has 1 aliphatic heterocycles. The van der Waals surface area contributed by atoms with E-state index in [1.807, 2.05) is 24.3 Å². The van der Waals surface area contributed by atoms with Crippen LogP contribution in [0.2, 0.25) is 5.02 Å². The molecule has 2 aromatic carbocycles. The highest BCUT2D eigenvalue weighted by molar-refractivity contribution is 6.31. The van der Waals surface area contributed by atoms with Crippen molar-refractivity contribution in [3.05, 3.63) is 53.1 Å². The zero-order chi connectivity index (χ0) is 15.0. The first-order chi connectivity index (χ1) is 10.1. The number of carbonyl (C=O) groups is 1. The highest BCUT2D eigenvalue weighted by atomic mass is 35.5. The Morgan fingerprint density at radius 2 is 2.05 bits per heavy atom. The molecule has 1 unspecified atom stereocenters. The zero-order valence-corrected chi connectivity index (χ0v) is 12.3. The van der Waals surface area contributed by atoms with E-state index in [1.54, 1.807) is 30.0 Å². The maximum atomic E-state index is 12.4. The number of carbonyl (C=O) groups excluding carboxylic acids is 1. The molecule has 5 heteroatoms. The van der Waals surface area contributed by atoms with Gasteiger partial charge >= 0.3 is 0 Å². The highest BCUT2D eigenvalue weighted by Gasteiger charge is 2.31. The van der Waals surface area contributed by atoms with Gasteiger partial charge < -0.3 is 15.4 Å². The van der Waals surface area contributed by atoms with Gasteiger partial charge in [0, 0.05) is 16.8 Å². The number of amides is 1. The van der Waals surface area contributed by atoms with Crippen LogP contribution < -0.4 is 15.4 Å². The number of nitrogens with two attached hydrogens (primary N) is 1. The Labute approximate surface area is 128 Å². The third-order valence-corrected chi connectivity index (χ3v) is 3.85. The number of fused-ring (bicyclic) bond motifs is 1. The Hall–Kier alpha value is -2.20. The van der Waals surface area contributed by atoms with Gasteiger partial charge in [0.1, 0.15) is 5.75 Å². The third-order valence-electron chi connectivity index (χ3n) is 3.48. The van der Waals surface area contributed by atoms with Crippen molar-refractivity contribution >= 4 is 28.9 Å². The van der Waals surface area contributed by atoms with Gasteiger partial charge in [-0.05, 0) is 30.7 Å². The van der Waals surface area contributed by atoms with Crippen LogP contribution in [-0.4, -0.2) is 12.0 Å². The quantitative estimate of drug-likeness (QED) is 0.867. The summed E-state index contributed by atoms with van der Waals surface area (Å²) in [6.07, 6.45) is -0.540. The summed E-state index contributed by atoms with van der Waals surface area (Å²) in [7, 11) is 0. The maximum absolute atomic E-state index is 12.4. The summed E-state index contributed by atoms with van der Waals surface area (Å²) in [5.41, 5.74) is 7.99. The van der Waals surface area contributed by atoms with E-state index in [2.05, 4.69) is 0 Å². The average molecular weight is 303 g/mol. The Bertz CT molecular complexity index is 702. The van der Waals surface area contributed by atoms with E-state index < -0.39 is 6.10 Å². The molecule has 1 atom stereocenters. The van der Waals surface area contributed by atoms with Crippen molar-refractivity contribution in [1.82, 2.24) is 0 Å². The standard InChI is InChI=1S/C16H15ClN2O2/c1-10-16(20)19(9-11-4-2-3-5-13(11)17)14-7-6-12(18)8-15(14)21-10/h2-8,10H,9,18H2,1H3. The summed E-state index contributed by atoms with van der Waals surface area (Å²) in [4.78, 5) is 14.1. The average Bonchev–Trinajstić information content (AvgIpc) is 2.45. The molecule has 0 bridgehead atoms. The SMILES string of the molecule is CC1Oc2cc(N)ccc2N(Cc2ccccc2Cl)C1=O. The Kier molecular flexibility index (Phi) is 3.47. The van der Waals surface area contributed by atoms with E-state index in [9.17, 15) is 4.79 Å². The van der Waals surface area contributed by atoms with Crippen LogP contribution in [-0.2, 0) is 11.3 Å². The Balaban J connectivity index is 2.01. The second-order valence-corrected chi connectivity index (χ2v) is 5.41. The van der Waals surface area contributed by atoms with Crippen LogP contribution in [0.4, 0.5) is 11.4 Å². The van der Waals surface area contributed by atoms with Crippen LogP contribution in [0, 0.1) is 0 Å². The number of rotatable bonds is 2. The molecule has 0 aromatic heterocycles. The van der Waals surface area contributed by atoms with Crippen molar-refractivity contribution in [1.29, 1.82) is 0 Å². The van der Waals surface area contributed by atoms with Gasteiger partial charge in [-0.2, -0.15) is 0 Å². The monoisotopic (exact) mass is 302 g/mol. The minimum absolute atomic E-state index is 0.0906. The van der Waals surface area contributed by atoms with Gasteiger partial charge in [-0.3, -0.25) is 4.79 Å². The molecular formula is C16H15ClN2O2. The van der Waals surface area contributed by atoms with Gasteiger partial charge in [0.2, 0.25) is 0 Å². The van der Waals surface area contributed by atoms with Crippen LogP contribution >= 0.6 is 11.6 Å². The molecule has 1 amide bonds. The minimum Gasteiger partial charge on any atom is -0.479 e. The molecule has 0 radical (unpaired) electrons. The number of halogens is 1. The van der Waals surface area contributed by atoms with Crippen LogP contribution in [0.25, 0.3) is 0 Å². The summed E-state index contributed by atoms with van der Waals surface area (Å²) in [6.45, 7) is 2.14. The van der Waals surface area contributed by atoms with E-state index >= 15 is 0 Å². The van der Waals surface area contributed by atoms with Gasteiger partial charge in [-0.15, -0.1) is 0 Å². The summed E-state index contributed by atoms with van der Waals surface area (Å²) in [5.74, 6) is 0.529. The lowest BCUT2D eigenvalue weighted by Gasteiger charge is -2.33. The fourth-order valence-corrected chi connectivity index (χ4v) is 2.58. The van der Waals surface area contributed by atoms with E-state index in [0.717, 1.165) is 5.56 Å². The lowest BCUT2D eigenvalue weighted by molar-refractivity contribution is -0.125. The van der Waals surface area contributed by atoms with Crippen LogP contribution in [0.3, 0.4) is 0 Å². The summed E-state index contributed by atoms with van der Waals surface area (Å²) >= 11 is 6.19. The van der Waals surface area contributed by atoms with Crippen molar-refractivity contribution in [3.8, 4) is 5.75 Å². The van der Waals surface area contributed by atoms with Gasteiger partial charge in [-0.25, -0.2) is 0 Å². The van der Waals surface area contributed by atoms with Gasteiger partial charge in [0.15, 0.2) is 6.10 Å². The van der Waals surface area contributed by atoms with Gasteiger partial charge in [-0.1, -0.05) is 29.8 Å². The topological polar surface area (TPSA) is 55.6 Å². The predicted molar refractivity (Wildman–Crippen MR) is 83.6 cm³/mol. The number of hydrogen-bond acceptors (Lipinski definition) is 3. The van der Waals surface area contributed by atoms with Crippen molar-refractivity contribution in [2.24, 2.45) is 0 Å². The van der Waals surface area contributed by atoms with E-state index in [1.165, 1.54) is 0 Å². The molecule has 4 nitrogen and oxygen atoms in total. The Morgan fingerprint density at radius 3 is 2.81 bits per heavy atom. The molecule has 0 saturated carbocycles. The number of hydrogen-bond donors (Lipinski definition) is 1. The van der Waals surface area contributed by atoms with Crippen molar-refractivity contribution in [3.63, 3.8) is 0 Å².